The van der Waals surface area contributed by atoms with Gasteiger partial charge in [-0.2, -0.15) is 0 Å². The molecule has 0 aromatic carbocycles. The normalized spacial score (nSPS) is 36.0. The van der Waals surface area contributed by atoms with Crippen molar-refractivity contribution in [3.63, 3.8) is 0 Å². The number of alkyl halides is 1. The average molecular weight is 332 g/mol. The van der Waals surface area contributed by atoms with E-state index in [0.29, 0.717) is 21.3 Å². The molecule has 0 radical (unpaired) electrons. The SMILES string of the molecule is C=C(C)C(=O)O[I-]C1CC2CC1CC2C#N. The van der Waals surface area contributed by atoms with Crippen LogP contribution >= 0.6 is 0 Å². The molecule has 4 atom stereocenters. The minimum atomic E-state index is -0.513. The molecule has 0 saturated heterocycles. The molecule has 2 bridgehead atoms. The van der Waals surface area contributed by atoms with E-state index in [1.807, 2.05) is 0 Å². The van der Waals surface area contributed by atoms with E-state index in [4.69, 9.17) is 8.33 Å². The van der Waals surface area contributed by atoms with Crippen molar-refractivity contribution in [1.29, 1.82) is 5.26 Å². The van der Waals surface area contributed by atoms with Crippen LogP contribution in [0.5, 0.6) is 0 Å². The fraction of sp³-hybridized carbons (Fsp3) is 0.667. The maximum absolute atomic E-state index is 11.3. The van der Waals surface area contributed by atoms with Gasteiger partial charge in [0.1, 0.15) is 0 Å². The summed E-state index contributed by atoms with van der Waals surface area (Å²) in [5, 5.41) is 8.93. The first-order chi connectivity index (χ1) is 7.61. The summed E-state index contributed by atoms with van der Waals surface area (Å²) < 4.78 is 5.88. The predicted molar refractivity (Wildman–Crippen MR) is 54.6 cm³/mol. The van der Waals surface area contributed by atoms with Gasteiger partial charge in [0.25, 0.3) is 0 Å². The average Bonchev–Trinajstić information content (AvgIpc) is 2.83. The maximum atomic E-state index is 11.3. The molecule has 16 heavy (non-hydrogen) atoms. The van der Waals surface area contributed by atoms with Gasteiger partial charge in [0.05, 0.1) is 0 Å². The first-order valence-corrected chi connectivity index (χ1v) is 7.64. The number of nitriles is 1. The zero-order valence-electron chi connectivity index (χ0n) is 9.28. The molecule has 2 rings (SSSR count). The van der Waals surface area contributed by atoms with Crippen LogP contribution < -0.4 is 21.6 Å². The van der Waals surface area contributed by atoms with Crippen molar-refractivity contribution in [3.05, 3.63) is 12.2 Å². The standard InChI is InChI=1S/C12H15INO2/c1-7(2)12(15)16-13-11-5-8-3-9(11)4-10(8)6-14/h8-11H,1,3-5H2,2H3/q-1. The van der Waals surface area contributed by atoms with Crippen LogP contribution in [0, 0.1) is 29.1 Å². The van der Waals surface area contributed by atoms with Crippen molar-refractivity contribution in [2.24, 2.45) is 17.8 Å². The van der Waals surface area contributed by atoms with Gasteiger partial charge in [0, 0.05) is 0 Å². The number of fused-ring (bicyclic) bond motifs is 2. The predicted octanol–water partition coefficient (Wildman–Crippen LogP) is -0.952. The van der Waals surface area contributed by atoms with E-state index in [1.165, 1.54) is 6.42 Å². The zero-order valence-corrected chi connectivity index (χ0v) is 11.4. The Hall–Kier alpha value is -0.570. The van der Waals surface area contributed by atoms with Gasteiger partial charge in [-0.1, -0.05) is 0 Å². The second kappa shape index (κ2) is 4.74. The summed E-state index contributed by atoms with van der Waals surface area (Å²) in [6.07, 6.45) is 3.29. The van der Waals surface area contributed by atoms with E-state index in [0.717, 1.165) is 12.8 Å². The number of nitrogens with zero attached hydrogens (tertiary/aromatic N) is 1. The fourth-order valence-corrected chi connectivity index (χ4v) is 5.43. The second-order valence-electron chi connectivity index (χ2n) is 4.71. The molecule has 0 N–H and O–H groups in total. The van der Waals surface area contributed by atoms with Crippen LogP contribution in [0.4, 0.5) is 0 Å². The molecule has 3 nitrogen and oxygen atoms in total. The topological polar surface area (TPSA) is 50.1 Å². The molecule has 0 amide bonds. The number of carbonyl (C=O) groups is 1. The number of halogens is 1. The third-order valence-electron chi connectivity index (χ3n) is 3.51. The monoisotopic (exact) mass is 332 g/mol. The molecule has 4 heteroatoms. The first-order valence-electron chi connectivity index (χ1n) is 5.51. The number of hydrogen-bond donors (Lipinski definition) is 0. The number of rotatable bonds is 3. The van der Waals surface area contributed by atoms with Crippen LogP contribution in [0.15, 0.2) is 12.2 Å². The molecule has 0 aromatic rings. The molecule has 0 heterocycles. The van der Waals surface area contributed by atoms with Gasteiger partial charge < -0.3 is 0 Å². The molecule has 88 valence electrons. The quantitative estimate of drug-likeness (QED) is 0.380. The van der Waals surface area contributed by atoms with Crippen LogP contribution in [0.3, 0.4) is 0 Å². The van der Waals surface area contributed by atoms with Gasteiger partial charge >= 0.3 is 107 Å². The minimum absolute atomic E-state index is 0.243. The van der Waals surface area contributed by atoms with Gasteiger partial charge in [-0.05, 0) is 0 Å². The Balaban J connectivity index is 1.81. The summed E-state index contributed by atoms with van der Waals surface area (Å²) >= 11 is -0.513. The Morgan fingerprint density at radius 2 is 2.19 bits per heavy atom. The molecule has 0 aromatic heterocycles. The van der Waals surface area contributed by atoms with Crippen molar-refractivity contribution >= 4 is 5.97 Å². The van der Waals surface area contributed by atoms with Crippen molar-refractivity contribution in [3.8, 4) is 6.07 Å². The third kappa shape index (κ3) is 2.24. The van der Waals surface area contributed by atoms with E-state index in [9.17, 15) is 4.79 Å². The summed E-state index contributed by atoms with van der Waals surface area (Å²) in [5.41, 5.74) is 0.484. The third-order valence-corrected chi connectivity index (χ3v) is 6.35. The molecule has 2 saturated carbocycles. The van der Waals surface area contributed by atoms with E-state index < -0.39 is 21.6 Å². The second-order valence-corrected chi connectivity index (χ2v) is 7.26. The van der Waals surface area contributed by atoms with Gasteiger partial charge in [0.2, 0.25) is 0 Å². The molecular weight excluding hydrogens is 317 g/mol. The van der Waals surface area contributed by atoms with Gasteiger partial charge in [0.15, 0.2) is 0 Å². The summed E-state index contributed by atoms with van der Waals surface area (Å²) in [4.78, 5) is 11.3. The fourth-order valence-electron chi connectivity index (χ4n) is 2.64. The van der Waals surface area contributed by atoms with Crippen LogP contribution in [-0.2, 0) is 7.86 Å². The first kappa shape index (κ1) is 11.9. The van der Waals surface area contributed by atoms with Crippen molar-refractivity contribution in [2.45, 2.75) is 30.1 Å². The zero-order chi connectivity index (χ0) is 11.7. The Bertz CT molecular complexity index is 361. The van der Waals surface area contributed by atoms with Crippen molar-refractivity contribution in [2.75, 3.05) is 0 Å². The van der Waals surface area contributed by atoms with Gasteiger partial charge in [-0.25, -0.2) is 0 Å². The molecule has 0 aliphatic heterocycles. The number of carbonyl (C=O) groups excluding carboxylic acids is 1. The summed E-state index contributed by atoms with van der Waals surface area (Å²) in [6.45, 7) is 5.25. The molecule has 4 unspecified atom stereocenters. The van der Waals surface area contributed by atoms with E-state index in [2.05, 4.69) is 12.6 Å². The molecule has 2 aliphatic carbocycles. The van der Waals surface area contributed by atoms with Crippen molar-refractivity contribution in [1.82, 2.24) is 0 Å². The Labute approximate surface area is 107 Å². The Morgan fingerprint density at radius 3 is 2.69 bits per heavy atom. The summed E-state index contributed by atoms with van der Waals surface area (Å²) in [6, 6.07) is 2.39. The van der Waals surface area contributed by atoms with Gasteiger partial charge in [-0.3, -0.25) is 0 Å². The van der Waals surface area contributed by atoms with E-state index >= 15 is 0 Å². The summed E-state index contributed by atoms with van der Waals surface area (Å²) in [5.74, 6) is 1.23. The van der Waals surface area contributed by atoms with E-state index in [-0.39, 0.29) is 11.9 Å². The molecular formula is C12H15INO2-. The van der Waals surface area contributed by atoms with E-state index in [1.54, 1.807) is 6.92 Å². The van der Waals surface area contributed by atoms with Crippen LogP contribution in [0.1, 0.15) is 26.2 Å². The Kier molecular flexibility index (Phi) is 3.53. The summed E-state index contributed by atoms with van der Waals surface area (Å²) in [7, 11) is 0. The number of hydrogen-bond acceptors (Lipinski definition) is 3. The van der Waals surface area contributed by atoms with Gasteiger partial charge in [-0.15, -0.1) is 0 Å². The Morgan fingerprint density at radius 1 is 1.44 bits per heavy atom. The van der Waals surface area contributed by atoms with Crippen LogP contribution in [0.2, 0.25) is 0 Å². The van der Waals surface area contributed by atoms with Crippen molar-refractivity contribution < 1.29 is 29.5 Å². The van der Waals surface area contributed by atoms with Crippen LogP contribution in [-0.4, -0.2) is 9.89 Å². The van der Waals surface area contributed by atoms with Crippen LogP contribution in [0.25, 0.3) is 0 Å². The molecule has 2 fully saturated rings. The molecule has 0 spiro atoms. The molecule has 2 aliphatic rings.